The maximum atomic E-state index is 13.0. The Balaban J connectivity index is 1.25. The second-order valence-corrected chi connectivity index (χ2v) is 12.4. The first-order chi connectivity index (χ1) is 21.4. The van der Waals surface area contributed by atoms with Crippen molar-refractivity contribution in [3.05, 3.63) is 101 Å². The number of benzene rings is 3. The van der Waals surface area contributed by atoms with Gasteiger partial charge in [-0.25, -0.2) is 14.5 Å². The highest BCUT2D eigenvalue weighted by Gasteiger charge is 2.32. The molecule has 0 bridgehead atoms. The number of halogens is 3. The highest BCUT2D eigenvalue weighted by molar-refractivity contribution is 8.14. The monoisotopic (exact) mass is 633 g/mol. The summed E-state index contributed by atoms with van der Waals surface area (Å²) in [5.74, 6) is 1.55. The van der Waals surface area contributed by atoms with Crippen molar-refractivity contribution >= 4 is 28.9 Å². The Hall–Kier alpha value is -4.38. The zero-order valence-electron chi connectivity index (χ0n) is 25.6. The fourth-order valence-corrected chi connectivity index (χ4v) is 7.05. The van der Waals surface area contributed by atoms with Crippen molar-refractivity contribution in [1.82, 2.24) is 20.1 Å². The topological polar surface area (TPSA) is 81.4 Å². The molecule has 1 aromatic heterocycles. The predicted octanol–water partition coefficient (Wildman–Crippen LogP) is 8.78. The number of hydrogen-bond acceptors (Lipinski definition) is 5. The molecule has 1 N–H and O–H groups in total. The summed E-state index contributed by atoms with van der Waals surface area (Å²) in [7, 11) is 0. The number of ether oxygens (including phenoxy) is 1. The van der Waals surface area contributed by atoms with E-state index in [9.17, 15) is 18.0 Å². The molecule has 45 heavy (non-hydrogen) atoms. The van der Waals surface area contributed by atoms with Crippen LogP contribution in [0.4, 0.5) is 18.0 Å². The van der Waals surface area contributed by atoms with Gasteiger partial charge in [-0.05, 0) is 98.4 Å². The van der Waals surface area contributed by atoms with E-state index in [4.69, 9.17) is 0 Å². The van der Waals surface area contributed by atoms with E-state index >= 15 is 0 Å². The second-order valence-electron chi connectivity index (χ2n) is 11.3. The Labute approximate surface area is 264 Å². The van der Waals surface area contributed by atoms with E-state index in [0.717, 1.165) is 28.3 Å². The molecule has 2 atom stereocenters. The molecule has 1 aliphatic heterocycles. The highest BCUT2D eigenvalue weighted by atomic mass is 32.2. The molecule has 2 heterocycles. The number of nitrogens with zero attached hydrogens (tertiary/aromatic N) is 4. The lowest BCUT2D eigenvalue weighted by Crippen LogP contribution is -2.28. The number of carbonyl (C=O) groups is 1. The molecule has 4 aromatic rings. The number of alkyl halides is 3. The van der Waals surface area contributed by atoms with Crippen molar-refractivity contribution in [2.75, 3.05) is 5.75 Å². The second kappa shape index (κ2) is 13.3. The van der Waals surface area contributed by atoms with E-state index in [2.05, 4.69) is 65.0 Å². The zero-order valence-corrected chi connectivity index (χ0v) is 26.5. The molecule has 1 fully saturated rings. The lowest BCUT2D eigenvalue weighted by molar-refractivity contribution is -0.274. The lowest BCUT2D eigenvalue weighted by Gasteiger charge is -2.32. The number of aromatic nitrogens is 3. The molecule has 2 amide bonds. The van der Waals surface area contributed by atoms with Gasteiger partial charge in [0.05, 0.1) is 10.7 Å². The van der Waals surface area contributed by atoms with Gasteiger partial charge in [0.2, 0.25) is 0 Å². The van der Waals surface area contributed by atoms with Crippen LogP contribution >= 0.6 is 11.8 Å². The van der Waals surface area contributed by atoms with E-state index in [1.165, 1.54) is 57.5 Å². The number of hydrogen-bond donors (Lipinski definition) is 1. The smallest absolute Gasteiger partial charge is 0.406 e. The standard InChI is InChI=1S/C34H34F3N5O2S/c1-20-16-22(3)29(23(4)17-20)30-21(2)14-15-45-32(30)40-33(43)39-24(5)18-25-6-8-26(9-7-25)31-38-19-42(41-31)27-10-12-28(13-11-27)44-34(35,36)37/h6-13,16-19,21,30H,14-15H2,1-5H3,(H,39,43)/b24-18+,40-32-. The number of rotatable bonds is 6. The van der Waals surface area contributed by atoms with E-state index < -0.39 is 12.4 Å². The van der Waals surface area contributed by atoms with Gasteiger partial charge in [0.15, 0.2) is 5.82 Å². The third kappa shape index (κ3) is 8.02. The molecule has 0 aliphatic carbocycles. The maximum absolute atomic E-state index is 13.0. The Bertz CT molecular complexity index is 1720. The van der Waals surface area contributed by atoms with Crippen LogP contribution in [0.3, 0.4) is 0 Å². The largest absolute Gasteiger partial charge is 0.573 e. The first-order valence-electron chi connectivity index (χ1n) is 14.5. The summed E-state index contributed by atoms with van der Waals surface area (Å²) in [6.07, 6.45) is -0.331. The normalized spacial score (nSPS) is 18.2. The molecule has 0 saturated carbocycles. The molecule has 11 heteroatoms. The Kier molecular flexibility index (Phi) is 9.48. The number of aryl methyl sites for hydroxylation is 3. The minimum atomic E-state index is -4.75. The van der Waals surface area contributed by atoms with E-state index in [1.54, 1.807) is 11.8 Å². The van der Waals surface area contributed by atoms with Gasteiger partial charge in [-0.15, -0.1) is 30.0 Å². The SMILES string of the molecule is C/C(=C\c1ccc(-c2ncn(-c3ccc(OC(F)(F)F)cc3)n2)cc1)NC(=O)/N=C1\SCCC(C)C1c1c(C)cc(C)cc1C. The van der Waals surface area contributed by atoms with E-state index in [1.807, 2.05) is 37.3 Å². The van der Waals surface area contributed by atoms with Crippen LogP contribution in [-0.2, 0) is 0 Å². The summed E-state index contributed by atoms with van der Waals surface area (Å²) in [4.78, 5) is 21.9. The predicted molar refractivity (Wildman–Crippen MR) is 173 cm³/mol. The quantitative estimate of drug-likeness (QED) is 0.230. The number of nitrogens with one attached hydrogen (secondary N) is 1. The average Bonchev–Trinajstić information content (AvgIpc) is 3.44. The molecule has 7 nitrogen and oxygen atoms in total. The van der Waals surface area contributed by atoms with Crippen LogP contribution in [0.2, 0.25) is 0 Å². The van der Waals surface area contributed by atoms with Crippen LogP contribution in [0.5, 0.6) is 5.75 Å². The molecular weight excluding hydrogens is 599 g/mol. The first kappa shape index (κ1) is 32.0. The molecule has 1 aliphatic rings. The lowest BCUT2D eigenvalue weighted by atomic mass is 9.81. The minimum Gasteiger partial charge on any atom is -0.406 e. The van der Waals surface area contributed by atoms with E-state index in [0.29, 0.717) is 23.1 Å². The van der Waals surface area contributed by atoms with Crippen LogP contribution < -0.4 is 10.1 Å². The van der Waals surface area contributed by atoms with Gasteiger partial charge in [-0.3, -0.25) is 0 Å². The number of carbonyl (C=O) groups excluding carboxylic acids is 1. The average molecular weight is 634 g/mol. The Morgan fingerprint density at radius 3 is 2.38 bits per heavy atom. The summed E-state index contributed by atoms with van der Waals surface area (Å²) in [5, 5.41) is 8.21. The number of thioether (sulfide) groups is 1. The van der Waals surface area contributed by atoms with Crippen LogP contribution in [0, 0.1) is 26.7 Å². The fraction of sp³-hybridized carbons (Fsp3) is 0.294. The molecule has 2 unspecified atom stereocenters. The Morgan fingerprint density at radius 1 is 1.07 bits per heavy atom. The third-order valence-corrected chi connectivity index (χ3v) is 8.68. The molecular formula is C34H34F3N5O2S. The Morgan fingerprint density at radius 2 is 1.73 bits per heavy atom. The van der Waals surface area contributed by atoms with Crippen molar-refractivity contribution in [3.8, 4) is 22.8 Å². The summed E-state index contributed by atoms with van der Waals surface area (Å²) in [5.41, 5.74) is 7.78. The highest BCUT2D eigenvalue weighted by Crippen LogP contribution is 2.41. The summed E-state index contributed by atoms with van der Waals surface area (Å²) in [6, 6.07) is 16.9. The van der Waals surface area contributed by atoms with Crippen LogP contribution in [0.25, 0.3) is 23.2 Å². The number of aliphatic imine (C=N–C) groups is 1. The molecule has 3 aromatic carbocycles. The number of amides is 2. The van der Waals surface area contributed by atoms with Gasteiger partial charge in [0, 0.05) is 17.2 Å². The van der Waals surface area contributed by atoms with Crippen molar-refractivity contribution in [1.29, 1.82) is 0 Å². The van der Waals surface area contributed by atoms with Gasteiger partial charge >= 0.3 is 12.4 Å². The van der Waals surface area contributed by atoms with Crippen molar-refractivity contribution in [3.63, 3.8) is 0 Å². The number of urea groups is 1. The summed E-state index contributed by atoms with van der Waals surface area (Å²) >= 11 is 1.66. The van der Waals surface area contributed by atoms with Crippen LogP contribution in [-0.4, -0.2) is 38.0 Å². The molecule has 0 radical (unpaired) electrons. The van der Waals surface area contributed by atoms with Gasteiger partial charge < -0.3 is 10.1 Å². The van der Waals surface area contributed by atoms with Gasteiger partial charge in [0.25, 0.3) is 0 Å². The van der Waals surface area contributed by atoms with Crippen molar-refractivity contribution < 1.29 is 22.7 Å². The first-order valence-corrected chi connectivity index (χ1v) is 15.5. The van der Waals surface area contributed by atoms with Gasteiger partial charge in [0.1, 0.15) is 12.1 Å². The number of allylic oxidation sites excluding steroid dienone is 1. The molecule has 5 rings (SSSR count). The fourth-order valence-electron chi connectivity index (χ4n) is 5.67. The third-order valence-electron chi connectivity index (χ3n) is 7.60. The maximum Gasteiger partial charge on any atom is 0.573 e. The molecule has 234 valence electrons. The van der Waals surface area contributed by atoms with Crippen molar-refractivity contribution in [2.45, 2.75) is 53.3 Å². The summed E-state index contributed by atoms with van der Waals surface area (Å²) in [6.45, 7) is 10.4. The van der Waals surface area contributed by atoms with Crippen molar-refractivity contribution in [2.24, 2.45) is 10.9 Å². The van der Waals surface area contributed by atoms with Gasteiger partial charge in [-0.1, -0.05) is 48.9 Å². The minimum absolute atomic E-state index is 0.0896. The van der Waals surface area contributed by atoms with Gasteiger partial charge in [-0.2, -0.15) is 4.99 Å². The summed E-state index contributed by atoms with van der Waals surface area (Å²) < 4.78 is 42.7. The molecule has 0 spiro atoms. The van der Waals surface area contributed by atoms with Crippen LogP contribution in [0.1, 0.15) is 54.0 Å². The zero-order chi connectivity index (χ0) is 32.3. The van der Waals surface area contributed by atoms with E-state index in [-0.39, 0.29) is 11.7 Å². The molecule has 1 saturated heterocycles. The van der Waals surface area contributed by atoms with Crippen LogP contribution in [0.15, 0.2) is 77.7 Å².